The van der Waals surface area contributed by atoms with Crippen molar-refractivity contribution in [2.75, 3.05) is 33.4 Å². The minimum absolute atomic E-state index is 0.0514. The van der Waals surface area contributed by atoms with Gasteiger partial charge in [0, 0.05) is 19.5 Å². The Morgan fingerprint density at radius 1 is 1.48 bits per heavy atom. The number of aliphatic carboxylic acids is 1. The molecule has 126 valence electrons. The molecule has 2 rings (SSSR count). The van der Waals surface area contributed by atoms with E-state index in [2.05, 4.69) is 5.32 Å². The van der Waals surface area contributed by atoms with Gasteiger partial charge in [0.15, 0.2) is 0 Å². The molecular formula is C16H22N2O5. The zero-order chi connectivity index (χ0) is 16.7. The second-order valence-corrected chi connectivity index (χ2v) is 5.31. The predicted octanol–water partition coefficient (Wildman–Crippen LogP) is 1.64. The van der Waals surface area contributed by atoms with Gasteiger partial charge in [0.05, 0.1) is 20.3 Å². The van der Waals surface area contributed by atoms with Crippen LogP contribution in [-0.2, 0) is 9.53 Å². The second-order valence-electron chi connectivity index (χ2n) is 5.31. The van der Waals surface area contributed by atoms with Crippen molar-refractivity contribution in [1.29, 1.82) is 0 Å². The zero-order valence-electron chi connectivity index (χ0n) is 13.2. The molecule has 2 N–H and O–H groups in total. The van der Waals surface area contributed by atoms with Crippen LogP contribution in [0.25, 0.3) is 0 Å². The minimum atomic E-state index is -0.858. The quantitative estimate of drug-likeness (QED) is 0.777. The standard InChI is InChI=1S/C16H22N2O5/c1-22-13-5-2-4-12(10-13)14-11-18(8-9-23-14)16(21)17-7-3-6-15(19)20/h2,4-5,10,14H,3,6-9,11H2,1H3,(H,17,21)(H,19,20). The Morgan fingerprint density at radius 3 is 3.04 bits per heavy atom. The minimum Gasteiger partial charge on any atom is -0.497 e. The number of carboxylic acids is 1. The topological polar surface area (TPSA) is 88.1 Å². The third-order valence-electron chi connectivity index (χ3n) is 3.66. The van der Waals surface area contributed by atoms with Crippen molar-refractivity contribution in [2.45, 2.75) is 18.9 Å². The highest BCUT2D eigenvalue weighted by Crippen LogP contribution is 2.25. The van der Waals surface area contributed by atoms with Gasteiger partial charge >= 0.3 is 12.0 Å². The molecule has 1 fully saturated rings. The van der Waals surface area contributed by atoms with Gasteiger partial charge in [0.1, 0.15) is 11.9 Å². The monoisotopic (exact) mass is 322 g/mol. The van der Waals surface area contributed by atoms with Gasteiger partial charge in [-0.25, -0.2) is 4.79 Å². The first kappa shape index (κ1) is 17.1. The van der Waals surface area contributed by atoms with Crippen molar-refractivity contribution in [3.8, 4) is 5.75 Å². The Hall–Kier alpha value is -2.28. The van der Waals surface area contributed by atoms with E-state index >= 15 is 0 Å². The number of benzene rings is 1. The van der Waals surface area contributed by atoms with Crippen LogP contribution in [0.3, 0.4) is 0 Å². The average Bonchev–Trinajstić information content (AvgIpc) is 2.58. The van der Waals surface area contributed by atoms with Crippen molar-refractivity contribution in [2.24, 2.45) is 0 Å². The maximum Gasteiger partial charge on any atom is 0.317 e. The predicted molar refractivity (Wildman–Crippen MR) is 83.5 cm³/mol. The lowest BCUT2D eigenvalue weighted by Gasteiger charge is -2.33. The van der Waals surface area contributed by atoms with Crippen molar-refractivity contribution in [3.05, 3.63) is 29.8 Å². The molecule has 1 aliphatic rings. The fourth-order valence-electron chi connectivity index (χ4n) is 2.42. The molecule has 1 atom stereocenters. The van der Waals surface area contributed by atoms with Crippen LogP contribution in [0, 0.1) is 0 Å². The fourth-order valence-corrected chi connectivity index (χ4v) is 2.42. The van der Waals surface area contributed by atoms with Gasteiger partial charge in [-0.2, -0.15) is 0 Å². The molecule has 23 heavy (non-hydrogen) atoms. The molecule has 0 bridgehead atoms. The molecule has 1 aromatic rings. The first-order valence-electron chi connectivity index (χ1n) is 7.60. The third-order valence-corrected chi connectivity index (χ3v) is 3.66. The Morgan fingerprint density at radius 2 is 2.30 bits per heavy atom. The normalized spacial score (nSPS) is 17.6. The number of morpholine rings is 1. The summed E-state index contributed by atoms with van der Waals surface area (Å²) in [4.78, 5) is 24.3. The largest absolute Gasteiger partial charge is 0.497 e. The molecule has 0 saturated carbocycles. The number of carbonyl (C=O) groups is 2. The summed E-state index contributed by atoms with van der Waals surface area (Å²) >= 11 is 0. The van der Waals surface area contributed by atoms with Gasteiger partial charge in [-0.1, -0.05) is 12.1 Å². The smallest absolute Gasteiger partial charge is 0.317 e. The van der Waals surface area contributed by atoms with E-state index < -0.39 is 5.97 Å². The van der Waals surface area contributed by atoms with Gasteiger partial charge in [-0.05, 0) is 24.1 Å². The zero-order valence-corrected chi connectivity index (χ0v) is 13.2. The number of ether oxygens (including phenoxy) is 2. The van der Waals surface area contributed by atoms with E-state index in [1.165, 1.54) is 0 Å². The van der Waals surface area contributed by atoms with E-state index in [4.69, 9.17) is 14.6 Å². The molecule has 1 aliphatic heterocycles. The summed E-state index contributed by atoms with van der Waals surface area (Å²) < 4.78 is 11.0. The Bertz CT molecular complexity index is 549. The van der Waals surface area contributed by atoms with E-state index in [0.717, 1.165) is 11.3 Å². The Labute approximate surface area is 135 Å². The second kappa shape index (κ2) is 8.38. The van der Waals surface area contributed by atoms with E-state index in [1.54, 1.807) is 12.0 Å². The average molecular weight is 322 g/mol. The van der Waals surface area contributed by atoms with Gasteiger partial charge in [-0.3, -0.25) is 4.79 Å². The third kappa shape index (κ3) is 5.14. The van der Waals surface area contributed by atoms with E-state index in [-0.39, 0.29) is 18.6 Å². The molecule has 7 nitrogen and oxygen atoms in total. The lowest BCUT2D eigenvalue weighted by atomic mass is 10.1. The number of hydrogen-bond donors (Lipinski definition) is 2. The number of methoxy groups -OCH3 is 1. The first-order valence-corrected chi connectivity index (χ1v) is 7.60. The van der Waals surface area contributed by atoms with Crippen LogP contribution in [0.4, 0.5) is 4.79 Å². The van der Waals surface area contributed by atoms with Crippen LogP contribution in [0.15, 0.2) is 24.3 Å². The Kier molecular flexibility index (Phi) is 6.22. The molecule has 1 saturated heterocycles. The number of carbonyl (C=O) groups excluding carboxylic acids is 1. The lowest BCUT2D eigenvalue weighted by Crippen LogP contribution is -2.47. The van der Waals surface area contributed by atoms with Crippen molar-refractivity contribution >= 4 is 12.0 Å². The van der Waals surface area contributed by atoms with Crippen LogP contribution in [-0.4, -0.2) is 55.4 Å². The van der Waals surface area contributed by atoms with Gasteiger partial charge in [-0.15, -0.1) is 0 Å². The molecule has 0 aromatic heterocycles. The van der Waals surface area contributed by atoms with Crippen LogP contribution >= 0.6 is 0 Å². The Balaban J connectivity index is 1.87. The number of urea groups is 1. The van der Waals surface area contributed by atoms with Crippen LogP contribution in [0.1, 0.15) is 24.5 Å². The molecule has 0 spiro atoms. The summed E-state index contributed by atoms with van der Waals surface area (Å²) in [5.74, 6) is -0.106. The molecule has 0 radical (unpaired) electrons. The molecule has 2 amide bonds. The maximum absolute atomic E-state index is 12.1. The lowest BCUT2D eigenvalue weighted by molar-refractivity contribution is -0.137. The molecule has 1 unspecified atom stereocenters. The molecular weight excluding hydrogens is 300 g/mol. The van der Waals surface area contributed by atoms with Crippen molar-refractivity contribution < 1.29 is 24.2 Å². The summed E-state index contributed by atoms with van der Waals surface area (Å²) in [6.45, 7) is 1.79. The molecule has 1 aromatic carbocycles. The highest BCUT2D eigenvalue weighted by atomic mass is 16.5. The molecule has 0 aliphatic carbocycles. The van der Waals surface area contributed by atoms with Gasteiger partial charge < -0.3 is 24.8 Å². The van der Waals surface area contributed by atoms with E-state index in [9.17, 15) is 9.59 Å². The van der Waals surface area contributed by atoms with E-state index in [0.29, 0.717) is 32.7 Å². The van der Waals surface area contributed by atoms with Crippen LogP contribution < -0.4 is 10.1 Å². The molecule has 1 heterocycles. The molecule has 7 heteroatoms. The van der Waals surface area contributed by atoms with Crippen LogP contribution in [0.5, 0.6) is 5.75 Å². The fraction of sp³-hybridized carbons (Fsp3) is 0.500. The number of nitrogens with zero attached hydrogens (tertiary/aromatic N) is 1. The van der Waals surface area contributed by atoms with Crippen LogP contribution in [0.2, 0.25) is 0 Å². The highest BCUT2D eigenvalue weighted by molar-refractivity contribution is 5.74. The van der Waals surface area contributed by atoms with E-state index in [1.807, 2.05) is 24.3 Å². The highest BCUT2D eigenvalue weighted by Gasteiger charge is 2.25. The summed E-state index contributed by atoms with van der Waals surface area (Å²) in [6.07, 6.45) is 0.282. The summed E-state index contributed by atoms with van der Waals surface area (Å²) in [7, 11) is 1.61. The first-order chi connectivity index (χ1) is 11.1. The van der Waals surface area contributed by atoms with Gasteiger partial charge in [0.2, 0.25) is 0 Å². The number of rotatable bonds is 6. The van der Waals surface area contributed by atoms with Crippen molar-refractivity contribution in [3.63, 3.8) is 0 Å². The number of carboxylic acid groups (broad SMARTS) is 1. The number of amides is 2. The maximum atomic E-state index is 12.1. The summed E-state index contributed by atoms with van der Waals surface area (Å²) in [6, 6.07) is 7.41. The number of nitrogens with one attached hydrogen (secondary N) is 1. The summed E-state index contributed by atoms with van der Waals surface area (Å²) in [5, 5.41) is 11.3. The number of hydrogen-bond acceptors (Lipinski definition) is 4. The summed E-state index contributed by atoms with van der Waals surface area (Å²) in [5.41, 5.74) is 0.965. The SMILES string of the molecule is COc1cccc(C2CN(C(=O)NCCCC(=O)O)CCO2)c1. The van der Waals surface area contributed by atoms with Crippen molar-refractivity contribution in [1.82, 2.24) is 10.2 Å². The van der Waals surface area contributed by atoms with Gasteiger partial charge in [0.25, 0.3) is 0 Å².